The number of benzene rings is 6. The van der Waals surface area contributed by atoms with Crippen molar-refractivity contribution in [3.63, 3.8) is 0 Å². The number of pyridine rings is 1. The van der Waals surface area contributed by atoms with Crippen molar-refractivity contribution in [1.82, 2.24) is 24.1 Å². The Morgan fingerprint density at radius 1 is 0.612 bits per heavy atom. The van der Waals surface area contributed by atoms with E-state index in [1.807, 2.05) is 30.5 Å². The van der Waals surface area contributed by atoms with Gasteiger partial charge >= 0.3 is 21.1 Å². The molecule has 0 fully saturated rings. The SMILES string of the molecule is Cc1ccc(-c2nc3c(-c4[c-]c5c(cc4)c4ccccc4n5-c4ccccn4)cccc3n2-c2ccccc2)c2[n-]c3ccccc3c12.[Pt+2]. The predicted molar refractivity (Wildman–Crippen MR) is 196 cm³/mol. The Labute approximate surface area is 296 Å². The second-order valence-corrected chi connectivity index (χ2v) is 12.2. The number of aryl methyl sites for hydroxylation is 1. The average molecular weight is 809 g/mol. The van der Waals surface area contributed by atoms with E-state index in [4.69, 9.17) is 15.0 Å². The van der Waals surface area contributed by atoms with Crippen LogP contribution in [0.3, 0.4) is 0 Å². The Kier molecular flexibility index (Phi) is 6.85. The summed E-state index contributed by atoms with van der Waals surface area (Å²) < 4.78 is 4.47. The van der Waals surface area contributed by atoms with Crippen molar-refractivity contribution in [2.45, 2.75) is 6.92 Å². The van der Waals surface area contributed by atoms with Crippen molar-refractivity contribution in [1.29, 1.82) is 0 Å². The molecule has 0 atom stereocenters. The Balaban J connectivity index is 0.00000325. The summed E-state index contributed by atoms with van der Waals surface area (Å²) in [7, 11) is 0. The van der Waals surface area contributed by atoms with Crippen molar-refractivity contribution in [2.24, 2.45) is 0 Å². The minimum Gasteiger partial charge on any atom is -0.656 e. The summed E-state index contributed by atoms with van der Waals surface area (Å²) in [6.07, 6.45) is 1.84. The predicted octanol–water partition coefficient (Wildman–Crippen LogP) is 10.2. The molecule has 0 bridgehead atoms. The summed E-state index contributed by atoms with van der Waals surface area (Å²) in [6.45, 7) is 2.16. The number of imidazole rings is 1. The molecule has 0 spiro atoms. The van der Waals surface area contributed by atoms with Crippen LogP contribution in [0.5, 0.6) is 0 Å². The van der Waals surface area contributed by atoms with Crippen LogP contribution in [-0.4, -0.2) is 19.1 Å². The van der Waals surface area contributed by atoms with Gasteiger partial charge in [-0.1, -0.05) is 102 Å². The van der Waals surface area contributed by atoms with Crippen molar-refractivity contribution in [2.75, 3.05) is 0 Å². The van der Waals surface area contributed by atoms with Crippen LogP contribution in [0.4, 0.5) is 0 Å². The topological polar surface area (TPSA) is 49.7 Å². The van der Waals surface area contributed by atoms with Crippen LogP contribution in [-0.2, 0) is 21.1 Å². The molecular formula is C43H27N5Pt. The number of aromatic nitrogens is 5. The maximum atomic E-state index is 5.47. The Morgan fingerprint density at radius 3 is 2.24 bits per heavy atom. The number of fused-ring (bicyclic) bond motifs is 7. The van der Waals surface area contributed by atoms with Crippen molar-refractivity contribution < 1.29 is 21.1 Å². The van der Waals surface area contributed by atoms with Crippen LogP contribution in [0.1, 0.15) is 5.56 Å². The van der Waals surface area contributed by atoms with E-state index in [1.54, 1.807) is 0 Å². The normalized spacial score (nSPS) is 11.6. The van der Waals surface area contributed by atoms with Gasteiger partial charge in [0.1, 0.15) is 11.6 Å². The fourth-order valence-corrected chi connectivity index (χ4v) is 7.34. The number of para-hydroxylation sites is 4. The number of rotatable bonds is 4. The molecule has 0 aliphatic heterocycles. The van der Waals surface area contributed by atoms with Crippen molar-refractivity contribution >= 4 is 54.6 Å². The van der Waals surface area contributed by atoms with Crippen molar-refractivity contribution in [3.8, 4) is 34.0 Å². The fraction of sp³-hybridized carbons (Fsp3) is 0.0233. The van der Waals surface area contributed by atoms with Gasteiger partial charge in [-0.05, 0) is 70.6 Å². The number of hydrogen-bond donors (Lipinski definition) is 0. The minimum atomic E-state index is 0. The van der Waals surface area contributed by atoms with E-state index in [2.05, 4.69) is 137 Å². The number of hydrogen-bond acceptors (Lipinski definition) is 2. The third-order valence-corrected chi connectivity index (χ3v) is 9.48. The van der Waals surface area contributed by atoms with Gasteiger partial charge in [-0.15, -0.1) is 34.8 Å². The Morgan fingerprint density at radius 2 is 1.39 bits per heavy atom. The molecule has 0 saturated carbocycles. The molecular weight excluding hydrogens is 782 g/mol. The number of nitrogens with zero attached hydrogens (tertiary/aromatic N) is 5. The molecule has 10 rings (SSSR count). The molecule has 4 heterocycles. The molecule has 0 N–H and O–H groups in total. The van der Waals surface area contributed by atoms with Crippen LogP contribution in [0, 0.1) is 13.0 Å². The van der Waals surface area contributed by atoms with Crippen molar-refractivity contribution in [3.05, 3.63) is 157 Å². The quantitative estimate of drug-likeness (QED) is 0.167. The largest absolute Gasteiger partial charge is 2.00 e. The maximum Gasteiger partial charge on any atom is 2.00 e. The first-order valence-corrected chi connectivity index (χ1v) is 16.1. The van der Waals surface area contributed by atoms with E-state index in [9.17, 15) is 0 Å². The molecule has 0 amide bonds. The van der Waals surface area contributed by atoms with Crippen LogP contribution < -0.4 is 4.98 Å². The van der Waals surface area contributed by atoms with E-state index >= 15 is 0 Å². The second kappa shape index (κ2) is 11.4. The summed E-state index contributed by atoms with van der Waals surface area (Å²) in [5.74, 6) is 1.73. The molecule has 6 aromatic carbocycles. The molecule has 0 aliphatic carbocycles. The summed E-state index contributed by atoms with van der Waals surface area (Å²) in [5.41, 5.74) is 11.3. The van der Waals surface area contributed by atoms with Gasteiger partial charge in [0.05, 0.1) is 11.0 Å². The van der Waals surface area contributed by atoms with Gasteiger partial charge in [0, 0.05) is 23.0 Å². The van der Waals surface area contributed by atoms with E-state index in [0.29, 0.717) is 0 Å². The first kappa shape index (κ1) is 29.4. The van der Waals surface area contributed by atoms with Gasteiger partial charge in [0.2, 0.25) is 0 Å². The van der Waals surface area contributed by atoms with Crippen LogP contribution in [0.15, 0.2) is 146 Å². The zero-order chi connectivity index (χ0) is 31.8. The van der Waals surface area contributed by atoms with Crippen LogP contribution in [0.25, 0.3) is 88.7 Å². The zero-order valence-electron chi connectivity index (χ0n) is 26.4. The van der Waals surface area contributed by atoms with Gasteiger partial charge in [-0.2, -0.15) is 0 Å². The third kappa shape index (κ3) is 4.43. The van der Waals surface area contributed by atoms with Gasteiger partial charge in [-0.3, -0.25) is 4.57 Å². The first-order valence-electron chi connectivity index (χ1n) is 16.1. The fourth-order valence-electron chi connectivity index (χ4n) is 7.34. The monoisotopic (exact) mass is 808 g/mol. The molecule has 10 aromatic rings. The second-order valence-electron chi connectivity index (χ2n) is 12.2. The Hall–Kier alpha value is -5.77. The molecule has 0 unspecified atom stereocenters. The molecule has 234 valence electrons. The molecule has 0 aliphatic rings. The maximum absolute atomic E-state index is 5.47. The van der Waals surface area contributed by atoms with E-state index in [1.165, 1.54) is 21.7 Å². The Bertz CT molecular complexity index is 2840. The van der Waals surface area contributed by atoms with Gasteiger partial charge < -0.3 is 9.55 Å². The average Bonchev–Trinajstić information content (AvgIpc) is 3.82. The summed E-state index contributed by atoms with van der Waals surface area (Å²) in [4.78, 5) is 15.4. The van der Waals surface area contributed by atoms with Crippen LogP contribution in [0.2, 0.25) is 0 Å². The minimum absolute atomic E-state index is 0. The van der Waals surface area contributed by atoms with E-state index in [-0.39, 0.29) is 21.1 Å². The first-order chi connectivity index (χ1) is 23.7. The van der Waals surface area contributed by atoms with Gasteiger partial charge in [-0.25, -0.2) is 9.97 Å². The van der Waals surface area contributed by atoms with E-state index in [0.717, 1.165) is 72.5 Å². The molecule has 6 heteroatoms. The van der Waals surface area contributed by atoms with Crippen LogP contribution >= 0.6 is 0 Å². The molecule has 0 radical (unpaired) electrons. The smallest absolute Gasteiger partial charge is 0.656 e. The summed E-state index contributed by atoms with van der Waals surface area (Å²) in [5, 5.41) is 4.66. The molecule has 5 nitrogen and oxygen atoms in total. The molecule has 4 aromatic heterocycles. The van der Waals surface area contributed by atoms with E-state index < -0.39 is 0 Å². The van der Waals surface area contributed by atoms with Gasteiger partial charge in [0.15, 0.2) is 0 Å². The summed E-state index contributed by atoms with van der Waals surface area (Å²) in [6, 6.07) is 52.4. The standard InChI is InChI=1S/C43H27N5.Pt/c1-27-21-23-34(42-40(27)33-15-5-7-17-35(33)45-42)43-46-41-30(16-11-19-37(41)47(43)29-12-3-2-4-13-29)28-22-24-32-31-14-6-8-18-36(31)48(38(32)26-28)39-20-9-10-25-44-39;/h2-25H,1H3;/q-2;+2. The third-order valence-electron chi connectivity index (χ3n) is 9.48. The summed E-state index contributed by atoms with van der Waals surface area (Å²) >= 11 is 0. The van der Waals surface area contributed by atoms with Gasteiger partial charge in [0.25, 0.3) is 0 Å². The molecule has 49 heavy (non-hydrogen) atoms. The zero-order valence-corrected chi connectivity index (χ0v) is 28.7. The molecule has 0 saturated heterocycles.